The van der Waals surface area contributed by atoms with Crippen LogP contribution in [0.1, 0.15) is 16.7 Å². The van der Waals surface area contributed by atoms with Gasteiger partial charge in [-0.25, -0.2) is 4.98 Å². The van der Waals surface area contributed by atoms with Crippen LogP contribution in [0.25, 0.3) is 10.9 Å². The molecule has 0 fully saturated rings. The number of benzene rings is 3. The molecule has 5 nitrogen and oxygen atoms in total. The van der Waals surface area contributed by atoms with Gasteiger partial charge in [-0.2, -0.15) is 0 Å². The van der Waals surface area contributed by atoms with Crippen LogP contribution in [-0.2, 0) is 11.3 Å². The van der Waals surface area contributed by atoms with Gasteiger partial charge in [0, 0.05) is 5.69 Å². The Morgan fingerprint density at radius 1 is 1.00 bits per heavy atom. The van der Waals surface area contributed by atoms with E-state index >= 15 is 0 Å². The molecule has 1 aromatic heterocycles. The number of aromatic nitrogens is 2. The Hall–Kier alpha value is -3.38. The molecule has 3 aromatic carbocycles. The lowest BCUT2D eigenvalue weighted by Gasteiger charge is -2.14. The van der Waals surface area contributed by atoms with Gasteiger partial charge in [-0.3, -0.25) is 14.2 Å². The van der Waals surface area contributed by atoms with Crippen molar-refractivity contribution in [3.63, 3.8) is 0 Å². The molecule has 156 valence electrons. The zero-order valence-corrected chi connectivity index (χ0v) is 18.3. The quantitative estimate of drug-likeness (QED) is 0.353. The van der Waals surface area contributed by atoms with Crippen molar-refractivity contribution in [1.82, 2.24) is 9.55 Å². The predicted molar refractivity (Wildman–Crippen MR) is 127 cm³/mol. The van der Waals surface area contributed by atoms with E-state index in [4.69, 9.17) is 0 Å². The third kappa shape index (κ3) is 4.86. The summed E-state index contributed by atoms with van der Waals surface area (Å²) in [4.78, 5) is 30.5. The fourth-order valence-electron chi connectivity index (χ4n) is 3.43. The number of nitrogens with one attached hydrogen (secondary N) is 1. The summed E-state index contributed by atoms with van der Waals surface area (Å²) in [6.45, 7) is 4.39. The van der Waals surface area contributed by atoms with Crippen molar-refractivity contribution in [3.05, 3.63) is 99.8 Å². The van der Waals surface area contributed by atoms with Gasteiger partial charge in [0.05, 0.1) is 23.2 Å². The Kier molecular flexibility index (Phi) is 6.18. The third-order valence-electron chi connectivity index (χ3n) is 5.00. The lowest BCUT2D eigenvalue weighted by Crippen LogP contribution is -2.25. The number of hydrogen-bond donors (Lipinski definition) is 1. The van der Waals surface area contributed by atoms with Gasteiger partial charge in [-0.15, -0.1) is 0 Å². The van der Waals surface area contributed by atoms with Gasteiger partial charge in [0.2, 0.25) is 5.91 Å². The van der Waals surface area contributed by atoms with Crippen LogP contribution in [0.5, 0.6) is 0 Å². The minimum atomic E-state index is -0.134. The summed E-state index contributed by atoms with van der Waals surface area (Å²) in [6.07, 6.45) is 0. The summed E-state index contributed by atoms with van der Waals surface area (Å²) in [5, 5.41) is 4.06. The SMILES string of the molecule is Cc1ccc(NC(=O)CSc2nc3ccccc3c(=O)n2Cc2ccccc2)c(C)c1. The number of thioether (sulfide) groups is 1. The lowest BCUT2D eigenvalue weighted by molar-refractivity contribution is -0.113. The summed E-state index contributed by atoms with van der Waals surface area (Å²) in [6, 6.07) is 23.0. The molecular weight excluding hydrogens is 406 g/mol. The van der Waals surface area contributed by atoms with E-state index in [1.807, 2.05) is 80.6 Å². The van der Waals surface area contributed by atoms with E-state index in [1.54, 1.807) is 10.6 Å². The minimum Gasteiger partial charge on any atom is -0.325 e. The van der Waals surface area contributed by atoms with Crippen LogP contribution in [0.2, 0.25) is 0 Å². The smallest absolute Gasteiger partial charge is 0.262 e. The fraction of sp³-hybridized carbons (Fsp3) is 0.160. The van der Waals surface area contributed by atoms with Crippen molar-refractivity contribution in [2.75, 3.05) is 11.1 Å². The molecule has 4 aromatic rings. The van der Waals surface area contributed by atoms with E-state index < -0.39 is 0 Å². The second kappa shape index (κ2) is 9.18. The zero-order chi connectivity index (χ0) is 21.8. The fourth-order valence-corrected chi connectivity index (χ4v) is 4.23. The molecule has 0 spiro atoms. The molecule has 1 N–H and O–H groups in total. The number of nitrogens with zero attached hydrogens (tertiary/aromatic N) is 2. The molecule has 0 atom stereocenters. The van der Waals surface area contributed by atoms with Gasteiger partial charge in [0.1, 0.15) is 0 Å². The first-order valence-electron chi connectivity index (χ1n) is 10.0. The number of aryl methyl sites for hydroxylation is 2. The van der Waals surface area contributed by atoms with Gasteiger partial charge in [0.15, 0.2) is 5.16 Å². The topological polar surface area (TPSA) is 64.0 Å². The molecular formula is C25H23N3O2S. The molecule has 0 saturated carbocycles. The molecule has 0 saturated heterocycles. The molecule has 0 radical (unpaired) electrons. The van der Waals surface area contributed by atoms with Crippen molar-refractivity contribution < 1.29 is 4.79 Å². The highest BCUT2D eigenvalue weighted by Crippen LogP contribution is 2.21. The summed E-state index contributed by atoms with van der Waals surface area (Å²) >= 11 is 1.27. The molecule has 31 heavy (non-hydrogen) atoms. The molecule has 6 heteroatoms. The molecule has 1 amide bonds. The van der Waals surface area contributed by atoms with Gasteiger partial charge in [-0.05, 0) is 43.2 Å². The van der Waals surface area contributed by atoms with E-state index in [0.717, 1.165) is 22.4 Å². The molecule has 0 aliphatic carbocycles. The van der Waals surface area contributed by atoms with E-state index in [-0.39, 0.29) is 17.2 Å². The van der Waals surface area contributed by atoms with Crippen molar-refractivity contribution in [2.24, 2.45) is 0 Å². The average molecular weight is 430 g/mol. The number of anilines is 1. The first kappa shape index (κ1) is 20.9. The molecule has 0 unspecified atom stereocenters. The monoisotopic (exact) mass is 429 g/mol. The molecule has 0 aliphatic heterocycles. The summed E-state index contributed by atoms with van der Waals surface area (Å²) in [5.74, 6) is 0.0259. The van der Waals surface area contributed by atoms with Crippen LogP contribution in [0.3, 0.4) is 0 Å². The Balaban J connectivity index is 1.60. The van der Waals surface area contributed by atoms with E-state index in [1.165, 1.54) is 11.8 Å². The Labute approximate surface area is 185 Å². The van der Waals surface area contributed by atoms with Crippen molar-refractivity contribution in [3.8, 4) is 0 Å². The maximum Gasteiger partial charge on any atom is 0.262 e. The highest BCUT2D eigenvalue weighted by molar-refractivity contribution is 7.99. The number of carbonyl (C=O) groups is 1. The first-order valence-corrected chi connectivity index (χ1v) is 11.0. The lowest BCUT2D eigenvalue weighted by atomic mass is 10.1. The zero-order valence-electron chi connectivity index (χ0n) is 17.5. The predicted octanol–water partition coefficient (Wildman–Crippen LogP) is 4.79. The second-order valence-corrected chi connectivity index (χ2v) is 8.39. The number of rotatable bonds is 6. The summed E-state index contributed by atoms with van der Waals surface area (Å²) in [5.41, 5.74) is 4.49. The van der Waals surface area contributed by atoms with Crippen LogP contribution in [0, 0.1) is 13.8 Å². The number of amides is 1. The van der Waals surface area contributed by atoms with Crippen molar-refractivity contribution in [1.29, 1.82) is 0 Å². The first-order chi connectivity index (χ1) is 15.0. The van der Waals surface area contributed by atoms with Gasteiger partial charge in [-0.1, -0.05) is 71.9 Å². The Morgan fingerprint density at radius 2 is 1.74 bits per heavy atom. The minimum absolute atomic E-state index is 0.105. The molecule has 0 bridgehead atoms. The molecule has 4 rings (SSSR count). The van der Waals surface area contributed by atoms with Crippen LogP contribution in [0.15, 0.2) is 82.7 Å². The third-order valence-corrected chi connectivity index (χ3v) is 5.97. The number of hydrogen-bond acceptors (Lipinski definition) is 4. The van der Waals surface area contributed by atoms with Gasteiger partial charge in [0.25, 0.3) is 5.56 Å². The maximum atomic E-state index is 13.2. The Bertz CT molecular complexity index is 1300. The normalized spacial score (nSPS) is 10.9. The highest BCUT2D eigenvalue weighted by atomic mass is 32.2. The van der Waals surface area contributed by atoms with Gasteiger partial charge < -0.3 is 5.32 Å². The van der Waals surface area contributed by atoms with Crippen LogP contribution >= 0.6 is 11.8 Å². The maximum absolute atomic E-state index is 13.2. The van der Waals surface area contributed by atoms with E-state index in [0.29, 0.717) is 22.6 Å². The second-order valence-electron chi connectivity index (χ2n) is 7.44. The number of fused-ring (bicyclic) bond motifs is 1. The Morgan fingerprint density at radius 3 is 2.52 bits per heavy atom. The number of para-hydroxylation sites is 1. The van der Waals surface area contributed by atoms with Crippen molar-refractivity contribution in [2.45, 2.75) is 25.5 Å². The van der Waals surface area contributed by atoms with E-state index in [2.05, 4.69) is 10.3 Å². The molecule has 0 aliphatic rings. The highest BCUT2D eigenvalue weighted by Gasteiger charge is 2.14. The van der Waals surface area contributed by atoms with Crippen LogP contribution in [-0.4, -0.2) is 21.2 Å². The standard InChI is InChI=1S/C25H23N3O2S/c1-17-12-13-21(18(2)14-17)26-23(29)16-31-25-27-22-11-7-6-10-20(22)24(30)28(25)15-19-8-4-3-5-9-19/h3-14H,15-16H2,1-2H3,(H,26,29). The largest absolute Gasteiger partial charge is 0.325 e. The molecule has 1 heterocycles. The number of carbonyl (C=O) groups excluding carboxylic acids is 1. The van der Waals surface area contributed by atoms with Crippen LogP contribution in [0.4, 0.5) is 5.69 Å². The van der Waals surface area contributed by atoms with Crippen molar-refractivity contribution >= 4 is 34.3 Å². The summed E-state index contributed by atoms with van der Waals surface area (Å²) in [7, 11) is 0. The van der Waals surface area contributed by atoms with Crippen LogP contribution < -0.4 is 10.9 Å². The average Bonchev–Trinajstić information content (AvgIpc) is 2.77. The summed E-state index contributed by atoms with van der Waals surface area (Å²) < 4.78 is 1.65. The van der Waals surface area contributed by atoms with E-state index in [9.17, 15) is 9.59 Å². The van der Waals surface area contributed by atoms with Gasteiger partial charge >= 0.3 is 0 Å².